The van der Waals surface area contributed by atoms with E-state index in [1.165, 1.54) is 6.21 Å². The number of carboxylic acid groups (broad SMARTS) is 2. The number of halogens is 2. The molecule has 0 radical (unpaired) electrons. The summed E-state index contributed by atoms with van der Waals surface area (Å²) < 4.78 is 25.8. The Morgan fingerprint density at radius 3 is 1.52 bits per heavy atom. The van der Waals surface area contributed by atoms with Gasteiger partial charge < -0.3 is 34.6 Å². The Kier molecular flexibility index (Phi) is 17.1. The van der Waals surface area contributed by atoms with Gasteiger partial charge in [0.1, 0.15) is 61.5 Å². The van der Waals surface area contributed by atoms with Gasteiger partial charge in [-0.3, -0.25) is 34.3 Å². The van der Waals surface area contributed by atoms with Crippen molar-refractivity contribution in [3.63, 3.8) is 0 Å². The predicted molar refractivity (Wildman–Crippen MR) is 283 cm³/mol. The van der Waals surface area contributed by atoms with Crippen molar-refractivity contribution in [1.82, 2.24) is 19.8 Å². The van der Waals surface area contributed by atoms with Gasteiger partial charge in [-0.2, -0.15) is 0 Å². The maximum atomic E-state index is 12.2. The Labute approximate surface area is 436 Å². The second-order valence-corrected chi connectivity index (χ2v) is 20.0. The van der Waals surface area contributed by atoms with Gasteiger partial charge in [0.25, 0.3) is 0 Å². The van der Waals surface area contributed by atoms with Gasteiger partial charge in [-0.15, -0.1) is 0 Å². The van der Waals surface area contributed by atoms with E-state index in [1.807, 2.05) is 52.3 Å². The van der Waals surface area contributed by atoms with Crippen molar-refractivity contribution in [2.75, 3.05) is 20.1 Å². The summed E-state index contributed by atoms with van der Waals surface area (Å²) in [6.07, 6.45) is 10.8. The smallest absolute Gasteiger partial charge is 0.320 e. The summed E-state index contributed by atoms with van der Waals surface area (Å²) in [5.74, 6) is 0.642. The van der Waals surface area contributed by atoms with Crippen molar-refractivity contribution in [1.29, 1.82) is 5.41 Å². The molecule has 0 spiro atoms. The second kappa shape index (κ2) is 23.8. The maximum absolute atomic E-state index is 12.2. The van der Waals surface area contributed by atoms with Crippen LogP contribution in [0.2, 0.25) is 10.0 Å². The van der Waals surface area contributed by atoms with Gasteiger partial charge in [0.05, 0.1) is 10.0 Å². The quantitative estimate of drug-likeness (QED) is 0.0582. The van der Waals surface area contributed by atoms with E-state index in [0.29, 0.717) is 77.6 Å². The van der Waals surface area contributed by atoms with E-state index < -0.39 is 24.0 Å². The minimum Gasteiger partial charge on any atom is -0.488 e. The topological polar surface area (TPSA) is 180 Å². The molecule has 3 N–H and O–H groups in total. The predicted octanol–water partition coefficient (Wildman–Crippen LogP) is 11.0. The van der Waals surface area contributed by atoms with Crippen LogP contribution in [-0.4, -0.2) is 86.6 Å². The lowest BCUT2D eigenvalue weighted by molar-refractivity contribution is -0.143. The fraction of sp³-hybridized carbons (Fsp3) is 0.333. The summed E-state index contributed by atoms with van der Waals surface area (Å²) in [5.41, 5.74) is 10.6. The number of nitrogens with one attached hydrogen (secondary N) is 1. The normalized spacial score (nSPS) is 18.0. The first kappa shape index (κ1) is 52.5. The maximum Gasteiger partial charge on any atom is 0.320 e. The lowest BCUT2D eigenvalue weighted by Gasteiger charge is -2.24. The highest BCUT2D eigenvalue weighted by molar-refractivity contribution is 6.32. The molecule has 6 aromatic rings. The minimum absolute atomic E-state index is 0.166. The first-order valence-corrected chi connectivity index (χ1v) is 25.0. The van der Waals surface area contributed by atoms with Crippen molar-refractivity contribution in [3.8, 4) is 34.1 Å². The van der Waals surface area contributed by atoms with Gasteiger partial charge >= 0.3 is 11.9 Å². The van der Waals surface area contributed by atoms with Crippen LogP contribution in [-0.2, 0) is 49.1 Å². The molecule has 4 heterocycles. The van der Waals surface area contributed by atoms with Crippen LogP contribution in [0.25, 0.3) is 11.1 Å². The molecule has 380 valence electrons. The minimum atomic E-state index is -0.856. The van der Waals surface area contributed by atoms with E-state index in [1.54, 1.807) is 56.2 Å². The van der Waals surface area contributed by atoms with Gasteiger partial charge in [0.15, 0.2) is 0 Å². The molecule has 0 aliphatic carbocycles. The van der Waals surface area contributed by atoms with E-state index in [0.717, 1.165) is 61.2 Å². The Balaban J connectivity index is 1.01. The fourth-order valence-electron chi connectivity index (χ4n) is 9.82. The Hall–Kier alpha value is -6.84. The zero-order chi connectivity index (χ0) is 51.8. The average molecular weight is 1030 g/mol. The summed E-state index contributed by atoms with van der Waals surface area (Å²) in [6, 6.07) is 22.0. The second-order valence-electron chi connectivity index (χ2n) is 19.1. The fourth-order valence-corrected chi connectivity index (χ4v) is 10.3. The average Bonchev–Trinajstić information content (AvgIpc) is 3.94. The number of ether oxygens (including phenoxy) is 4. The zero-order valence-corrected chi connectivity index (χ0v) is 43.1. The van der Waals surface area contributed by atoms with E-state index in [2.05, 4.69) is 54.8 Å². The van der Waals surface area contributed by atoms with Crippen molar-refractivity contribution in [3.05, 3.63) is 163 Å². The zero-order valence-electron chi connectivity index (χ0n) is 41.6. The van der Waals surface area contributed by atoms with E-state index in [4.69, 9.17) is 47.6 Å². The van der Waals surface area contributed by atoms with Crippen LogP contribution in [0, 0.1) is 31.1 Å². The van der Waals surface area contributed by atoms with Crippen molar-refractivity contribution in [2.24, 2.45) is 16.8 Å². The van der Waals surface area contributed by atoms with Gasteiger partial charge in [0, 0.05) is 116 Å². The number of hydrogen-bond acceptors (Lipinski definition) is 12. The summed E-state index contributed by atoms with van der Waals surface area (Å²) in [7, 11) is 1.70. The summed E-state index contributed by atoms with van der Waals surface area (Å²) >= 11 is 13.9. The molecule has 4 atom stereocenters. The number of aliphatic carboxylic acids is 2. The highest BCUT2D eigenvalue weighted by atomic mass is 35.5. The third-order valence-electron chi connectivity index (χ3n) is 13.6. The van der Waals surface area contributed by atoms with Gasteiger partial charge in [-0.25, -0.2) is 0 Å². The number of pyridine rings is 2. The van der Waals surface area contributed by atoms with Crippen molar-refractivity contribution >= 4 is 47.6 Å². The number of carboxylic acids is 2. The lowest BCUT2D eigenvalue weighted by Crippen LogP contribution is -2.35. The molecule has 2 aliphatic rings. The van der Waals surface area contributed by atoms with Gasteiger partial charge in [0.2, 0.25) is 0 Å². The first-order chi connectivity index (χ1) is 35.2. The number of hydrogen-bond donors (Lipinski definition) is 3. The molecule has 2 aromatic heterocycles. The van der Waals surface area contributed by atoms with Crippen LogP contribution in [0.5, 0.6) is 23.0 Å². The Morgan fingerprint density at radius 2 is 1.08 bits per heavy atom. The standard InChI is InChI=1S/C57H60Cl2N6O8/c1-34-12-50(56(66)67)64(26-34)28-44-16-48(58)54(18-52(44)70-30-40-14-38(20-60)22-62-24-40)72-32-42-8-6-10-46(36(42)3)47-11-7-9-43(37(47)4)33-73-55-19-53(71-31-41-15-39(21-61-5)23-63-25-41)45(17-49(55)59)29-65-27-35(2)13-51(65)57(68)69/h6-11,14-25,34-35,50-51,60H,12-13,26-33H2,1-5H3,(H,66,67)(H,68,69)/t34-,35-,50-,51-/m0/s1. The molecule has 8 rings (SSSR count). The molecule has 14 nitrogen and oxygen atoms in total. The van der Waals surface area contributed by atoms with Crippen molar-refractivity contribution < 1.29 is 38.7 Å². The summed E-state index contributed by atoms with van der Waals surface area (Å²) in [4.78, 5) is 41.0. The Bertz CT molecular complexity index is 3020. The van der Waals surface area contributed by atoms with Gasteiger partial charge in [-0.05, 0) is 96.2 Å². The molecule has 73 heavy (non-hydrogen) atoms. The Morgan fingerprint density at radius 1 is 0.644 bits per heavy atom. The molecule has 2 fully saturated rings. The van der Waals surface area contributed by atoms with E-state index >= 15 is 0 Å². The molecule has 16 heteroatoms. The van der Waals surface area contributed by atoms with Crippen molar-refractivity contribution in [2.45, 2.75) is 92.1 Å². The number of carbonyl (C=O) groups is 2. The molecular weight excluding hydrogens is 968 g/mol. The molecule has 0 saturated carbocycles. The monoisotopic (exact) mass is 1030 g/mol. The molecule has 2 saturated heterocycles. The molecule has 0 unspecified atom stereocenters. The molecule has 0 amide bonds. The molecule has 2 aliphatic heterocycles. The lowest BCUT2D eigenvalue weighted by atomic mass is 9.92. The van der Waals surface area contributed by atoms with E-state index in [-0.39, 0.29) is 38.3 Å². The summed E-state index contributed by atoms with van der Waals surface area (Å²) in [5, 5.41) is 28.4. The van der Waals surface area contributed by atoms with Crippen LogP contribution in [0.1, 0.15) is 82.3 Å². The number of benzene rings is 4. The SMILES string of the molecule is CN=Cc1cncc(COc2cc(OCc3cccc(-c4cccc(COc5cc(OCc6cncc(C=N)c6)c(CN6C[C@@H](C)C[C@H]6C(=O)O)cc5Cl)c4C)c3C)c(Cl)cc2CN2C[C@@H](C)C[C@H]2C(=O)O)c1. The summed E-state index contributed by atoms with van der Waals surface area (Å²) in [6.45, 7) is 11.0. The number of aliphatic imine (C=N–C) groups is 1. The molecule has 4 aromatic carbocycles. The van der Waals surface area contributed by atoms with Crippen LogP contribution in [0.15, 0.2) is 103 Å². The molecule has 0 bridgehead atoms. The molecular formula is C57H60Cl2N6O8. The highest BCUT2D eigenvalue weighted by Gasteiger charge is 2.36. The van der Waals surface area contributed by atoms with Crippen LogP contribution in [0.4, 0.5) is 0 Å². The van der Waals surface area contributed by atoms with Crippen LogP contribution < -0.4 is 18.9 Å². The van der Waals surface area contributed by atoms with Crippen LogP contribution in [0.3, 0.4) is 0 Å². The largest absolute Gasteiger partial charge is 0.488 e. The highest BCUT2D eigenvalue weighted by Crippen LogP contribution is 2.39. The first-order valence-electron chi connectivity index (χ1n) is 24.2. The number of aromatic nitrogens is 2. The van der Waals surface area contributed by atoms with Crippen LogP contribution >= 0.6 is 23.2 Å². The number of likely N-dealkylation sites (tertiary alicyclic amines) is 2. The number of nitrogens with zero attached hydrogens (tertiary/aromatic N) is 5. The third-order valence-corrected chi connectivity index (χ3v) is 14.2. The van der Waals surface area contributed by atoms with Gasteiger partial charge in [-0.1, -0.05) is 73.4 Å². The van der Waals surface area contributed by atoms with E-state index in [9.17, 15) is 19.8 Å². The third kappa shape index (κ3) is 12.9. The number of rotatable bonds is 21.